The molecule has 2 aromatic heterocycles. The third kappa shape index (κ3) is 5.57. The summed E-state index contributed by atoms with van der Waals surface area (Å²) in [5, 5.41) is 6.40. The fourth-order valence-corrected chi connectivity index (χ4v) is 4.05. The lowest BCUT2D eigenvalue weighted by molar-refractivity contribution is -0.137. The Bertz CT molecular complexity index is 1270. The summed E-state index contributed by atoms with van der Waals surface area (Å²) in [7, 11) is 0. The maximum absolute atomic E-state index is 14.0. The van der Waals surface area contributed by atoms with Crippen LogP contribution in [0.3, 0.4) is 0 Å². The second kappa shape index (κ2) is 10.4. The van der Waals surface area contributed by atoms with Gasteiger partial charge in [0.2, 0.25) is 5.91 Å². The molecule has 0 spiro atoms. The van der Waals surface area contributed by atoms with Gasteiger partial charge in [-0.3, -0.25) is 14.6 Å². The maximum atomic E-state index is 14.0. The zero-order valence-corrected chi connectivity index (χ0v) is 20.4. The Morgan fingerprint density at radius 1 is 1.11 bits per heavy atom. The van der Waals surface area contributed by atoms with Crippen LogP contribution >= 0.6 is 23.2 Å². The fourth-order valence-electron chi connectivity index (χ4n) is 3.94. The summed E-state index contributed by atoms with van der Waals surface area (Å²) in [4.78, 5) is 29.6. The number of anilines is 2. The summed E-state index contributed by atoms with van der Waals surface area (Å²) < 4.78 is 47.4. The van der Waals surface area contributed by atoms with Gasteiger partial charge in [-0.1, -0.05) is 34.4 Å². The average molecular weight is 542 g/mol. The van der Waals surface area contributed by atoms with Gasteiger partial charge in [-0.05, 0) is 18.2 Å². The van der Waals surface area contributed by atoms with Gasteiger partial charge in [0.15, 0.2) is 10.6 Å². The molecular weight excluding hydrogens is 522 g/mol. The van der Waals surface area contributed by atoms with Crippen LogP contribution in [0.1, 0.15) is 12.5 Å². The lowest BCUT2D eigenvalue weighted by atomic mass is 9.99. The van der Waals surface area contributed by atoms with E-state index in [2.05, 4.69) is 15.5 Å². The average Bonchev–Trinajstić information content (AvgIpc) is 3.33. The topological polar surface area (TPSA) is 91.6 Å². The van der Waals surface area contributed by atoms with Crippen LogP contribution in [0.2, 0.25) is 0 Å². The Morgan fingerprint density at radius 3 is 2.47 bits per heavy atom. The predicted octanol–water partition coefficient (Wildman–Crippen LogP) is 4.83. The summed E-state index contributed by atoms with van der Waals surface area (Å²) in [5.74, 6) is -0.602. The Morgan fingerprint density at radius 2 is 1.83 bits per heavy atom. The van der Waals surface area contributed by atoms with E-state index in [4.69, 9.17) is 27.7 Å². The van der Waals surface area contributed by atoms with E-state index in [0.717, 1.165) is 6.07 Å². The first-order chi connectivity index (χ1) is 17.0. The molecule has 1 N–H and O–H groups in total. The number of alkyl halides is 5. The smallest absolute Gasteiger partial charge is 0.367 e. The zero-order valence-electron chi connectivity index (χ0n) is 18.9. The van der Waals surface area contributed by atoms with Crippen LogP contribution in [0, 0.1) is 0 Å². The molecule has 0 bridgehead atoms. The zero-order chi connectivity index (χ0) is 26.0. The fraction of sp³-hybridized carbons (Fsp3) is 0.304. The van der Waals surface area contributed by atoms with Gasteiger partial charge in [0.25, 0.3) is 5.91 Å². The predicted molar refractivity (Wildman–Crippen MR) is 129 cm³/mol. The van der Waals surface area contributed by atoms with Crippen molar-refractivity contribution in [3.05, 3.63) is 48.3 Å². The Labute approximate surface area is 214 Å². The lowest BCUT2D eigenvalue weighted by Gasteiger charge is -2.36. The quantitative estimate of drug-likeness (QED) is 0.465. The minimum atomic E-state index is -4.64. The Hall–Kier alpha value is -3.31. The first kappa shape index (κ1) is 25.8. The van der Waals surface area contributed by atoms with Crippen LogP contribution in [0.4, 0.5) is 24.5 Å². The highest BCUT2D eigenvalue weighted by Gasteiger charge is 2.37. The number of benzene rings is 1. The molecule has 4 rings (SSSR count). The molecule has 0 radical (unpaired) electrons. The number of hydrogen-bond acceptors (Lipinski definition) is 6. The standard InChI is InChI=1S/C23H20Cl2F3N5O3/c1-13(34)32-5-7-33(8-6-32)18-4-2-3-16(23(26,27)28)20(18)17-10-19(36-31-17)14-9-15(12-29-11-14)30-22(35)21(24)25/h2-4,9-12,21H,5-8H2,1H3,(H,30,35). The lowest BCUT2D eigenvalue weighted by Crippen LogP contribution is -2.48. The van der Waals surface area contributed by atoms with Gasteiger partial charge in [0, 0.05) is 62.2 Å². The minimum absolute atomic E-state index is 0.0158. The molecule has 2 amide bonds. The van der Waals surface area contributed by atoms with Crippen LogP contribution in [-0.4, -0.2) is 57.9 Å². The molecule has 1 saturated heterocycles. The van der Waals surface area contributed by atoms with Crippen molar-refractivity contribution in [1.82, 2.24) is 15.0 Å². The summed E-state index contributed by atoms with van der Waals surface area (Å²) in [6.07, 6.45) is -1.87. The number of hydrogen-bond donors (Lipinski definition) is 1. The van der Waals surface area contributed by atoms with E-state index in [9.17, 15) is 22.8 Å². The van der Waals surface area contributed by atoms with Crippen molar-refractivity contribution >= 4 is 46.4 Å². The summed E-state index contributed by atoms with van der Waals surface area (Å²) in [6, 6.07) is 6.81. The van der Waals surface area contributed by atoms with Crippen LogP contribution in [0.5, 0.6) is 0 Å². The number of carbonyl (C=O) groups is 2. The van der Waals surface area contributed by atoms with Gasteiger partial charge in [0.05, 0.1) is 17.4 Å². The molecule has 1 aromatic carbocycles. The van der Waals surface area contributed by atoms with Crippen molar-refractivity contribution in [1.29, 1.82) is 0 Å². The van der Waals surface area contributed by atoms with E-state index in [0.29, 0.717) is 37.4 Å². The van der Waals surface area contributed by atoms with Crippen LogP contribution in [0.15, 0.2) is 47.2 Å². The van der Waals surface area contributed by atoms with Crippen LogP contribution in [0.25, 0.3) is 22.6 Å². The highest BCUT2D eigenvalue weighted by molar-refractivity contribution is 6.54. The van der Waals surface area contributed by atoms with Crippen molar-refractivity contribution in [3.63, 3.8) is 0 Å². The van der Waals surface area contributed by atoms with Crippen molar-refractivity contribution in [2.45, 2.75) is 17.9 Å². The van der Waals surface area contributed by atoms with Gasteiger partial charge in [-0.25, -0.2) is 0 Å². The molecule has 0 atom stereocenters. The highest BCUT2D eigenvalue weighted by Crippen LogP contribution is 2.43. The van der Waals surface area contributed by atoms with Gasteiger partial charge in [0.1, 0.15) is 5.69 Å². The Balaban J connectivity index is 1.71. The van der Waals surface area contributed by atoms with Gasteiger partial charge >= 0.3 is 6.18 Å². The van der Waals surface area contributed by atoms with E-state index < -0.39 is 22.5 Å². The third-order valence-electron chi connectivity index (χ3n) is 5.67. The normalized spacial score (nSPS) is 14.3. The molecule has 190 valence electrons. The number of piperazine rings is 1. The number of nitrogens with zero attached hydrogens (tertiary/aromatic N) is 4. The summed E-state index contributed by atoms with van der Waals surface area (Å²) in [5.41, 5.74) is -0.0286. The molecule has 1 fully saturated rings. The second-order valence-electron chi connectivity index (χ2n) is 8.02. The van der Waals surface area contributed by atoms with E-state index in [1.807, 2.05) is 0 Å². The number of amides is 2. The molecule has 1 aliphatic heterocycles. The monoisotopic (exact) mass is 541 g/mol. The molecule has 0 aliphatic carbocycles. The van der Waals surface area contributed by atoms with E-state index in [1.165, 1.54) is 37.5 Å². The molecule has 36 heavy (non-hydrogen) atoms. The number of nitrogens with one attached hydrogen (secondary N) is 1. The van der Waals surface area contributed by atoms with Crippen LogP contribution in [-0.2, 0) is 15.8 Å². The van der Waals surface area contributed by atoms with Crippen molar-refractivity contribution in [2.75, 3.05) is 36.4 Å². The highest BCUT2D eigenvalue weighted by atomic mass is 35.5. The molecular formula is C23H20Cl2F3N5O3. The number of pyridine rings is 1. The van der Waals surface area contributed by atoms with Gasteiger partial charge in [-0.2, -0.15) is 13.2 Å². The molecule has 3 heterocycles. The molecule has 0 unspecified atom stereocenters. The van der Waals surface area contributed by atoms with E-state index in [-0.39, 0.29) is 28.6 Å². The third-order valence-corrected chi connectivity index (χ3v) is 6.06. The van der Waals surface area contributed by atoms with Crippen molar-refractivity contribution in [2.24, 2.45) is 0 Å². The first-order valence-corrected chi connectivity index (χ1v) is 11.6. The van der Waals surface area contributed by atoms with Crippen molar-refractivity contribution < 1.29 is 27.3 Å². The van der Waals surface area contributed by atoms with E-state index in [1.54, 1.807) is 15.9 Å². The number of carbonyl (C=O) groups excluding carboxylic acids is 2. The van der Waals surface area contributed by atoms with Gasteiger partial charge < -0.3 is 19.6 Å². The Kier molecular flexibility index (Phi) is 7.41. The largest absolute Gasteiger partial charge is 0.417 e. The number of aromatic nitrogens is 2. The number of halogens is 5. The summed E-state index contributed by atoms with van der Waals surface area (Å²) in [6.45, 7) is 2.98. The first-order valence-electron chi connectivity index (χ1n) is 10.8. The molecule has 8 nitrogen and oxygen atoms in total. The second-order valence-corrected chi connectivity index (χ2v) is 9.12. The SMILES string of the molecule is CC(=O)N1CCN(c2cccc(C(F)(F)F)c2-c2cc(-c3cncc(NC(=O)C(Cl)Cl)c3)on2)CC1. The molecule has 3 aromatic rings. The maximum Gasteiger partial charge on any atom is 0.417 e. The molecule has 0 saturated carbocycles. The van der Waals surface area contributed by atoms with E-state index >= 15 is 0 Å². The van der Waals surface area contributed by atoms with Gasteiger partial charge in [-0.15, -0.1) is 0 Å². The molecule has 1 aliphatic rings. The molecule has 13 heteroatoms. The number of rotatable bonds is 5. The van der Waals surface area contributed by atoms with Crippen molar-refractivity contribution in [3.8, 4) is 22.6 Å². The summed E-state index contributed by atoms with van der Waals surface area (Å²) >= 11 is 11.1. The minimum Gasteiger partial charge on any atom is -0.367 e. The van der Waals surface area contributed by atoms with Crippen LogP contribution < -0.4 is 10.2 Å².